The number of carbonyl (C=O) groups is 5. The first-order valence-electron chi connectivity index (χ1n) is 22.6. The van der Waals surface area contributed by atoms with E-state index < -0.39 is 66.1 Å². The Hall–Kier alpha value is -5.66. The Bertz CT molecular complexity index is 2540. The van der Waals surface area contributed by atoms with Gasteiger partial charge >= 0.3 is 12.1 Å². The average molecular weight is 949 g/mol. The Morgan fingerprint density at radius 1 is 1.15 bits per heavy atom. The third kappa shape index (κ3) is 10.7. The van der Waals surface area contributed by atoms with Crippen molar-refractivity contribution in [3.05, 3.63) is 71.5 Å². The molecule has 4 aromatic rings. The molecule has 6 heterocycles. The molecule has 1 aromatic carbocycles. The molecule has 0 aliphatic carbocycles. The first-order valence-corrected chi connectivity index (χ1v) is 23.5. The lowest BCUT2D eigenvalue weighted by Gasteiger charge is -2.37. The zero-order valence-corrected chi connectivity index (χ0v) is 39.8. The number of esters is 1. The monoisotopic (exact) mass is 948 g/mol. The van der Waals surface area contributed by atoms with E-state index in [1.807, 2.05) is 19.9 Å². The third-order valence-corrected chi connectivity index (χ3v) is 13.8. The highest BCUT2D eigenvalue weighted by Crippen LogP contribution is 2.43. The number of cyclic esters (lactones) is 1. The van der Waals surface area contributed by atoms with Crippen molar-refractivity contribution in [2.45, 2.75) is 104 Å². The zero-order chi connectivity index (χ0) is 48.5. The second kappa shape index (κ2) is 19.9. The quantitative estimate of drug-likeness (QED) is 0.137. The zero-order valence-electron chi connectivity index (χ0n) is 38.9. The molecule has 5 atom stereocenters. The first-order chi connectivity index (χ1) is 31.7. The van der Waals surface area contributed by atoms with Gasteiger partial charge in [0.05, 0.1) is 35.7 Å². The Labute approximate surface area is 392 Å². The number of hydrazine groups is 1. The highest BCUT2D eigenvalue weighted by Gasteiger charge is 2.41. The smallest absolute Gasteiger partial charge is 0.406 e. The third-order valence-electron chi connectivity index (χ3n) is 12.9. The Kier molecular flexibility index (Phi) is 14.6. The number of fused-ring (bicyclic) bond motifs is 6. The van der Waals surface area contributed by atoms with Crippen molar-refractivity contribution in [1.29, 1.82) is 0 Å². The van der Waals surface area contributed by atoms with Gasteiger partial charge in [0.2, 0.25) is 17.7 Å². The number of hydrogen-bond donors (Lipinski definition) is 2. The fourth-order valence-corrected chi connectivity index (χ4v) is 10.3. The van der Waals surface area contributed by atoms with Crippen molar-refractivity contribution in [2.75, 3.05) is 40.4 Å². The van der Waals surface area contributed by atoms with E-state index >= 15 is 0 Å². The van der Waals surface area contributed by atoms with Crippen LogP contribution < -0.4 is 10.7 Å². The van der Waals surface area contributed by atoms with Gasteiger partial charge in [-0.25, -0.2) is 10.4 Å². The number of methoxy groups -OCH3 is 1. The second-order valence-electron chi connectivity index (χ2n) is 18.9. The van der Waals surface area contributed by atoms with Crippen LogP contribution in [-0.4, -0.2) is 124 Å². The number of nitrogens with zero attached hydrogens (tertiary/aromatic N) is 6. The standard InChI is InChI=1S/C48H59F3N8O7S/c1-9-38(60)57-19-16-30(23-57)44(62)56(7)40(27(2)3)42(61)54-36-21-31-24-67-43(53-31)29-14-15-37-33(20-29)34(22-47(5,6)26-66-46(64)35-13-11-18-59(55-35)45(36)63)41(58(37)25-48(49,50)51)32-12-10-17-52-39(32)28(4)65-8/h9-10,12,14-15,17,20,24,27-28,30,35-36,40,55H,1,11,13,16,18-19,21-23,25-26H2,2-8H3,(H,54,61)/t28-,30-,35-,36-,40-/m0/s1. The molecule has 4 amide bonds. The topological polar surface area (TPSA) is 168 Å². The van der Waals surface area contributed by atoms with Gasteiger partial charge in [-0.2, -0.15) is 13.2 Å². The maximum Gasteiger partial charge on any atom is 0.406 e. The summed E-state index contributed by atoms with van der Waals surface area (Å²) in [4.78, 5) is 81.4. The number of likely N-dealkylation sites (tertiary alicyclic amines) is 1. The maximum atomic E-state index is 14.6. The predicted molar refractivity (Wildman–Crippen MR) is 246 cm³/mol. The van der Waals surface area contributed by atoms with Crippen LogP contribution >= 0.6 is 11.3 Å². The number of alkyl halides is 3. The molecule has 3 aliphatic rings. The molecule has 2 saturated heterocycles. The van der Waals surface area contributed by atoms with Crippen molar-refractivity contribution in [1.82, 2.24) is 40.1 Å². The Morgan fingerprint density at radius 2 is 1.91 bits per heavy atom. The number of carbonyl (C=O) groups excluding carboxylic acids is 5. The van der Waals surface area contributed by atoms with E-state index in [-0.39, 0.29) is 50.3 Å². The van der Waals surface area contributed by atoms with Gasteiger partial charge in [-0.05, 0) is 80.5 Å². The number of hydrogen-bond acceptors (Lipinski definition) is 11. The number of likely N-dealkylation sites (N-methyl/N-ethyl adjacent to an activating group) is 1. The van der Waals surface area contributed by atoms with Gasteiger partial charge < -0.3 is 29.2 Å². The van der Waals surface area contributed by atoms with Crippen LogP contribution in [0.1, 0.15) is 76.9 Å². The van der Waals surface area contributed by atoms with E-state index in [4.69, 9.17) is 14.5 Å². The van der Waals surface area contributed by atoms with Crippen LogP contribution in [0.15, 0.2) is 54.6 Å². The van der Waals surface area contributed by atoms with Gasteiger partial charge in [0.1, 0.15) is 29.7 Å². The van der Waals surface area contributed by atoms with E-state index in [1.165, 1.54) is 39.0 Å². The summed E-state index contributed by atoms with van der Waals surface area (Å²) in [5.74, 6) is -3.17. The predicted octanol–water partition coefficient (Wildman–Crippen LogP) is 6.26. The molecule has 0 unspecified atom stereocenters. The SMILES string of the molecule is C=CC(=O)N1CC[C@H](C(=O)N(C)[C@H](C(=O)N[C@H]2Cc3csc(n3)-c3ccc4c(c3)c(c(-c3cccnc3[C@H](C)OC)n4CC(F)(F)F)CC(C)(C)COC(=O)[C@@H]3CCCN(N3)C2=O)C(C)C)C1. The molecule has 7 rings (SSSR count). The van der Waals surface area contributed by atoms with Crippen LogP contribution in [0.5, 0.6) is 0 Å². The number of rotatable bonds is 10. The van der Waals surface area contributed by atoms with Crippen molar-refractivity contribution < 1.29 is 46.6 Å². The number of ether oxygens (including phenoxy) is 2. The summed E-state index contributed by atoms with van der Waals surface area (Å²) in [5, 5.41) is 7.12. The van der Waals surface area contributed by atoms with Gasteiger partial charge in [0.25, 0.3) is 5.91 Å². The molecule has 2 fully saturated rings. The van der Waals surface area contributed by atoms with Crippen molar-refractivity contribution in [2.24, 2.45) is 17.3 Å². The van der Waals surface area contributed by atoms with Crippen LogP contribution in [-0.2, 0) is 52.8 Å². The maximum absolute atomic E-state index is 14.6. The Morgan fingerprint density at radius 3 is 2.61 bits per heavy atom. The van der Waals surface area contributed by atoms with Gasteiger partial charge in [0.15, 0.2) is 0 Å². The fraction of sp³-hybridized carbons (Fsp3) is 0.521. The number of nitrogens with one attached hydrogen (secondary N) is 2. The molecule has 6 bridgehead atoms. The van der Waals surface area contributed by atoms with Crippen molar-refractivity contribution >= 4 is 51.8 Å². The molecule has 0 radical (unpaired) electrons. The molecule has 0 spiro atoms. The van der Waals surface area contributed by atoms with Gasteiger partial charge in [-0.3, -0.25) is 34.0 Å². The molecule has 360 valence electrons. The summed E-state index contributed by atoms with van der Waals surface area (Å²) in [6.07, 6.45) is -0.999. The van der Waals surface area contributed by atoms with E-state index in [9.17, 15) is 37.1 Å². The fourth-order valence-electron chi connectivity index (χ4n) is 9.48. The minimum absolute atomic E-state index is 0.0622. The van der Waals surface area contributed by atoms with E-state index in [0.29, 0.717) is 75.5 Å². The lowest BCUT2D eigenvalue weighted by atomic mass is 9.84. The molecule has 15 nitrogen and oxygen atoms in total. The van der Waals surface area contributed by atoms with Gasteiger partial charge in [-0.15, -0.1) is 11.3 Å². The molecule has 19 heteroatoms. The molecular weight excluding hydrogens is 890 g/mol. The number of aromatic nitrogens is 3. The Balaban J connectivity index is 1.30. The second-order valence-corrected chi connectivity index (χ2v) is 19.7. The van der Waals surface area contributed by atoms with Crippen LogP contribution in [0.25, 0.3) is 32.7 Å². The average Bonchev–Trinajstić information content (AvgIpc) is 4.05. The summed E-state index contributed by atoms with van der Waals surface area (Å²) < 4.78 is 56.8. The highest BCUT2D eigenvalue weighted by atomic mass is 32.1. The molecule has 2 N–H and O–H groups in total. The number of benzene rings is 1. The lowest BCUT2D eigenvalue weighted by Crippen LogP contribution is -2.62. The minimum atomic E-state index is -4.59. The van der Waals surface area contributed by atoms with Crippen molar-refractivity contribution in [3.63, 3.8) is 0 Å². The molecule has 3 aromatic heterocycles. The number of amides is 4. The van der Waals surface area contributed by atoms with Crippen LogP contribution in [0.2, 0.25) is 0 Å². The van der Waals surface area contributed by atoms with E-state index in [2.05, 4.69) is 22.3 Å². The van der Waals surface area contributed by atoms with Gasteiger partial charge in [-0.1, -0.05) is 34.3 Å². The normalized spacial score (nSPS) is 21.1. The summed E-state index contributed by atoms with van der Waals surface area (Å²) >= 11 is 1.29. The summed E-state index contributed by atoms with van der Waals surface area (Å²) in [6.45, 7) is 12.1. The summed E-state index contributed by atoms with van der Waals surface area (Å²) in [6, 6.07) is 5.53. The van der Waals surface area contributed by atoms with Crippen LogP contribution in [0, 0.1) is 17.3 Å². The molecule has 3 aliphatic heterocycles. The first kappa shape index (κ1) is 49.3. The molecular formula is C48H59F3N8O7S. The number of halogens is 3. The van der Waals surface area contributed by atoms with E-state index in [1.54, 1.807) is 68.6 Å². The lowest BCUT2D eigenvalue weighted by molar-refractivity contribution is -0.155. The highest BCUT2D eigenvalue weighted by molar-refractivity contribution is 7.13. The molecule has 0 saturated carbocycles. The summed E-state index contributed by atoms with van der Waals surface area (Å²) in [7, 11) is 3.06. The van der Waals surface area contributed by atoms with Gasteiger partial charge in [0, 0.05) is 79.2 Å². The minimum Gasteiger partial charge on any atom is -0.464 e. The molecule has 67 heavy (non-hydrogen) atoms. The summed E-state index contributed by atoms with van der Waals surface area (Å²) in [5.41, 5.74) is 5.52. The largest absolute Gasteiger partial charge is 0.464 e. The number of pyridine rings is 1. The van der Waals surface area contributed by atoms with Crippen molar-refractivity contribution in [3.8, 4) is 21.8 Å². The van der Waals surface area contributed by atoms with E-state index in [0.717, 1.165) is 0 Å². The van der Waals surface area contributed by atoms with Crippen LogP contribution in [0.4, 0.5) is 13.2 Å². The number of thiazole rings is 1. The van der Waals surface area contributed by atoms with Crippen LogP contribution in [0.3, 0.4) is 0 Å².